The molecule has 0 bridgehead atoms. The smallest absolute Gasteiger partial charge is 0.255 e. The predicted molar refractivity (Wildman–Crippen MR) is 111 cm³/mol. The van der Waals surface area contributed by atoms with Crippen LogP contribution < -0.4 is 10.6 Å². The third kappa shape index (κ3) is 3.58. The second-order valence-corrected chi connectivity index (χ2v) is 7.97. The minimum Gasteiger partial charge on any atom is -0.322 e. The molecule has 1 unspecified atom stereocenters. The Bertz CT molecular complexity index is 1060. The zero-order chi connectivity index (χ0) is 21.4. The number of carbonyl (C=O) groups excluding carboxylic acids is 4. The fraction of sp³-hybridized carbons (Fsp3) is 0.304. The largest absolute Gasteiger partial charge is 0.322 e. The van der Waals surface area contributed by atoms with Gasteiger partial charge in [-0.15, -0.1) is 0 Å². The van der Waals surface area contributed by atoms with Gasteiger partial charge < -0.3 is 10.2 Å². The van der Waals surface area contributed by atoms with Crippen LogP contribution in [0.4, 0.5) is 5.69 Å². The van der Waals surface area contributed by atoms with Crippen molar-refractivity contribution in [1.82, 2.24) is 10.2 Å². The highest BCUT2D eigenvalue weighted by atomic mass is 16.2. The Hall–Kier alpha value is -3.48. The van der Waals surface area contributed by atoms with Crippen molar-refractivity contribution in [3.05, 3.63) is 64.7 Å². The molecule has 2 aromatic rings. The first kappa shape index (κ1) is 19.8. The lowest BCUT2D eigenvalue weighted by Gasteiger charge is -2.29. The summed E-state index contributed by atoms with van der Waals surface area (Å²) in [5.41, 5.74) is 3.44. The number of benzene rings is 2. The molecular formula is C23H23N3O4. The maximum absolute atomic E-state index is 12.8. The predicted octanol–water partition coefficient (Wildman–Crippen LogP) is 2.82. The van der Waals surface area contributed by atoms with Gasteiger partial charge in [0.2, 0.25) is 11.8 Å². The average Bonchev–Trinajstić information content (AvgIpc) is 3.03. The molecule has 154 valence electrons. The molecule has 0 saturated carbocycles. The molecule has 30 heavy (non-hydrogen) atoms. The van der Waals surface area contributed by atoms with Gasteiger partial charge in [-0.1, -0.05) is 32.0 Å². The van der Waals surface area contributed by atoms with Gasteiger partial charge in [0.1, 0.15) is 6.04 Å². The SMILES string of the molecule is CC(C)c1ccccc1C(=O)Nc1ccc2c(c1)CN(C1CCC(=O)NC1=O)C2=O. The molecule has 0 spiro atoms. The Balaban J connectivity index is 1.53. The lowest BCUT2D eigenvalue weighted by Crippen LogP contribution is -2.52. The summed E-state index contributed by atoms with van der Waals surface area (Å²) in [6, 6.07) is 12.0. The van der Waals surface area contributed by atoms with Crippen molar-refractivity contribution in [2.45, 2.75) is 45.2 Å². The monoisotopic (exact) mass is 405 g/mol. The van der Waals surface area contributed by atoms with E-state index in [1.807, 2.05) is 32.0 Å². The maximum Gasteiger partial charge on any atom is 0.255 e. The summed E-state index contributed by atoms with van der Waals surface area (Å²) in [6.45, 7) is 4.35. The van der Waals surface area contributed by atoms with Crippen LogP contribution in [0.5, 0.6) is 0 Å². The second kappa shape index (κ2) is 7.74. The Labute approximate surface area is 174 Å². The number of hydrogen-bond donors (Lipinski definition) is 2. The highest BCUT2D eigenvalue weighted by molar-refractivity contribution is 6.07. The Morgan fingerprint density at radius 3 is 2.63 bits per heavy atom. The number of nitrogens with zero attached hydrogens (tertiary/aromatic N) is 1. The molecule has 2 heterocycles. The summed E-state index contributed by atoms with van der Waals surface area (Å²) in [5.74, 6) is -0.974. The van der Waals surface area contributed by atoms with Crippen LogP contribution >= 0.6 is 0 Å². The van der Waals surface area contributed by atoms with Gasteiger partial charge in [-0.05, 0) is 47.7 Å². The standard InChI is InChI=1S/C23H23N3O4/c1-13(2)16-5-3-4-6-18(16)21(28)24-15-7-8-17-14(11-15)12-26(23(17)30)19-9-10-20(27)25-22(19)29/h3-8,11,13,19H,9-10,12H2,1-2H3,(H,24,28)(H,25,27,29). The molecule has 1 saturated heterocycles. The molecular weight excluding hydrogens is 382 g/mol. The first-order chi connectivity index (χ1) is 14.3. The van der Waals surface area contributed by atoms with Crippen LogP contribution in [-0.4, -0.2) is 34.6 Å². The number of rotatable bonds is 4. The summed E-state index contributed by atoms with van der Waals surface area (Å²) < 4.78 is 0. The Morgan fingerprint density at radius 1 is 1.13 bits per heavy atom. The average molecular weight is 405 g/mol. The number of imide groups is 1. The lowest BCUT2D eigenvalue weighted by molar-refractivity contribution is -0.136. The summed E-state index contributed by atoms with van der Waals surface area (Å²) in [4.78, 5) is 50.6. The van der Waals surface area contributed by atoms with Crippen molar-refractivity contribution in [3.63, 3.8) is 0 Å². The van der Waals surface area contributed by atoms with Crippen LogP contribution in [0.2, 0.25) is 0 Å². The van der Waals surface area contributed by atoms with Crippen LogP contribution in [-0.2, 0) is 16.1 Å². The van der Waals surface area contributed by atoms with E-state index in [-0.39, 0.29) is 36.6 Å². The highest BCUT2D eigenvalue weighted by Gasteiger charge is 2.39. The van der Waals surface area contributed by atoms with Crippen LogP contribution in [0.25, 0.3) is 0 Å². The van der Waals surface area contributed by atoms with Gasteiger partial charge in [0.05, 0.1) is 0 Å². The van der Waals surface area contributed by atoms with E-state index in [0.717, 1.165) is 11.1 Å². The summed E-state index contributed by atoms with van der Waals surface area (Å²) in [6.07, 6.45) is 0.535. The quantitative estimate of drug-likeness (QED) is 0.765. The molecule has 2 N–H and O–H groups in total. The minimum absolute atomic E-state index is 0.203. The van der Waals surface area contributed by atoms with Crippen LogP contribution in [0.1, 0.15) is 64.4 Å². The van der Waals surface area contributed by atoms with Crippen molar-refractivity contribution >= 4 is 29.3 Å². The summed E-state index contributed by atoms with van der Waals surface area (Å²) >= 11 is 0. The highest BCUT2D eigenvalue weighted by Crippen LogP contribution is 2.30. The van der Waals surface area contributed by atoms with E-state index in [1.165, 1.54) is 4.90 Å². The molecule has 1 atom stereocenters. The van der Waals surface area contributed by atoms with E-state index < -0.39 is 11.9 Å². The number of hydrogen-bond acceptors (Lipinski definition) is 4. The first-order valence-corrected chi connectivity index (χ1v) is 10.0. The minimum atomic E-state index is -0.654. The van der Waals surface area contributed by atoms with Gasteiger partial charge in [0.25, 0.3) is 11.8 Å². The maximum atomic E-state index is 12.8. The van der Waals surface area contributed by atoms with E-state index >= 15 is 0 Å². The zero-order valence-electron chi connectivity index (χ0n) is 16.9. The zero-order valence-corrected chi connectivity index (χ0v) is 16.9. The van der Waals surface area contributed by atoms with Crippen LogP contribution in [0, 0.1) is 0 Å². The first-order valence-electron chi connectivity index (χ1n) is 10.0. The van der Waals surface area contributed by atoms with Crippen molar-refractivity contribution in [2.75, 3.05) is 5.32 Å². The van der Waals surface area contributed by atoms with Crippen molar-refractivity contribution < 1.29 is 19.2 Å². The van der Waals surface area contributed by atoms with Crippen molar-refractivity contribution in [3.8, 4) is 0 Å². The van der Waals surface area contributed by atoms with Gasteiger partial charge in [-0.25, -0.2) is 0 Å². The normalized spacial score (nSPS) is 18.4. The van der Waals surface area contributed by atoms with E-state index in [4.69, 9.17) is 0 Å². The molecule has 7 nitrogen and oxygen atoms in total. The van der Waals surface area contributed by atoms with E-state index in [9.17, 15) is 19.2 Å². The molecule has 0 radical (unpaired) electrons. The second-order valence-electron chi connectivity index (χ2n) is 7.97. The van der Waals surface area contributed by atoms with Crippen LogP contribution in [0.3, 0.4) is 0 Å². The molecule has 2 aliphatic rings. The third-order valence-electron chi connectivity index (χ3n) is 5.61. The van der Waals surface area contributed by atoms with E-state index in [1.54, 1.807) is 24.3 Å². The fourth-order valence-corrected chi connectivity index (χ4v) is 4.06. The van der Waals surface area contributed by atoms with Gasteiger partial charge in [-0.3, -0.25) is 24.5 Å². The number of amides is 4. The molecule has 0 aromatic heterocycles. The molecule has 1 fully saturated rings. The van der Waals surface area contributed by atoms with Gasteiger partial charge in [0, 0.05) is 29.8 Å². The van der Waals surface area contributed by atoms with Crippen molar-refractivity contribution in [2.24, 2.45) is 0 Å². The number of fused-ring (bicyclic) bond motifs is 1. The lowest BCUT2D eigenvalue weighted by atomic mass is 9.97. The van der Waals surface area contributed by atoms with Crippen LogP contribution in [0.15, 0.2) is 42.5 Å². The summed E-state index contributed by atoms with van der Waals surface area (Å²) in [5, 5.41) is 5.21. The molecule has 0 aliphatic carbocycles. The number of anilines is 1. The molecule has 2 aromatic carbocycles. The van der Waals surface area contributed by atoms with Gasteiger partial charge in [0.15, 0.2) is 0 Å². The summed E-state index contributed by atoms with van der Waals surface area (Å²) in [7, 11) is 0. The third-order valence-corrected chi connectivity index (χ3v) is 5.61. The van der Waals surface area contributed by atoms with E-state index in [2.05, 4.69) is 10.6 Å². The molecule has 2 aliphatic heterocycles. The number of piperidine rings is 1. The van der Waals surface area contributed by atoms with Crippen molar-refractivity contribution in [1.29, 1.82) is 0 Å². The Kier molecular flexibility index (Phi) is 5.11. The molecule has 7 heteroatoms. The Morgan fingerprint density at radius 2 is 1.90 bits per heavy atom. The molecule has 4 rings (SSSR count). The number of nitrogens with one attached hydrogen (secondary N) is 2. The van der Waals surface area contributed by atoms with E-state index in [0.29, 0.717) is 23.2 Å². The fourth-order valence-electron chi connectivity index (χ4n) is 4.06. The molecule has 4 amide bonds. The number of carbonyl (C=O) groups is 4. The topological polar surface area (TPSA) is 95.6 Å². The van der Waals surface area contributed by atoms with Gasteiger partial charge in [-0.2, -0.15) is 0 Å². The van der Waals surface area contributed by atoms with Gasteiger partial charge >= 0.3 is 0 Å².